The summed E-state index contributed by atoms with van der Waals surface area (Å²) in [6.45, 7) is 12.6. The van der Waals surface area contributed by atoms with Gasteiger partial charge in [-0.2, -0.15) is 0 Å². The number of fused-ring (bicyclic) bond motifs is 12. The predicted molar refractivity (Wildman–Crippen MR) is 244 cm³/mol. The summed E-state index contributed by atoms with van der Waals surface area (Å²) in [5.74, 6) is 3.24. The van der Waals surface area contributed by atoms with Crippen LogP contribution in [0.5, 0.6) is 17.2 Å². The van der Waals surface area contributed by atoms with Crippen molar-refractivity contribution >= 4 is 34.7 Å². The Balaban J connectivity index is 1.18. The first kappa shape index (κ1) is 37.2. The highest BCUT2D eigenvalue weighted by molar-refractivity contribution is 6.10. The molecule has 1 saturated heterocycles. The standard InChI is InChI=1S/C55H53NO4/c1-7-54(8-2)45-16-12-11-15-40(45)50-43-32-48(56-25-27-59-28-26-56)49(58-6)33-44(43)52-41(51(50)54)23-24-55(60-52,36-17-20-38(57-5)21-18-36)37-19-22-39-42-29-34-13-9-10-14-35(34)30-46(42)53(3,4)47(39)31-37/h9-24,29-33,42,46H,7-8,25-28H2,1-6H3. The number of anilines is 1. The molecule has 5 aliphatic rings. The zero-order valence-electron chi connectivity index (χ0n) is 35.6. The highest BCUT2D eigenvalue weighted by Crippen LogP contribution is 2.62. The van der Waals surface area contributed by atoms with E-state index >= 15 is 0 Å². The van der Waals surface area contributed by atoms with E-state index in [1.54, 1.807) is 14.2 Å². The van der Waals surface area contributed by atoms with Crippen LogP contribution in [-0.4, -0.2) is 40.5 Å². The molecule has 0 spiro atoms. The molecule has 0 amide bonds. The van der Waals surface area contributed by atoms with Gasteiger partial charge in [0.2, 0.25) is 0 Å². The lowest BCUT2D eigenvalue weighted by molar-refractivity contribution is 0.122. The van der Waals surface area contributed by atoms with E-state index in [0.29, 0.717) is 25.0 Å². The van der Waals surface area contributed by atoms with Crippen molar-refractivity contribution in [1.29, 1.82) is 0 Å². The first-order valence-corrected chi connectivity index (χ1v) is 21.9. The van der Waals surface area contributed by atoms with Gasteiger partial charge in [-0.25, -0.2) is 0 Å². The molecule has 11 rings (SSSR count). The van der Waals surface area contributed by atoms with Crippen LogP contribution in [0.3, 0.4) is 0 Å². The molecule has 5 nitrogen and oxygen atoms in total. The monoisotopic (exact) mass is 791 g/mol. The SMILES string of the molecule is CCC1(CC)c2ccccc2-c2c1c1c(c3cc(OC)c(N4CCOCC4)cc23)OC(c2ccc(OC)cc2)(c2ccc3c(c2)C(C)(C)C2C=c4ccccc4=CC32)C=C1. The van der Waals surface area contributed by atoms with Gasteiger partial charge in [-0.15, -0.1) is 0 Å². The number of methoxy groups -OCH3 is 2. The van der Waals surface area contributed by atoms with Crippen LogP contribution >= 0.6 is 0 Å². The molecule has 2 aliphatic heterocycles. The second kappa shape index (κ2) is 13.6. The molecule has 0 saturated carbocycles. The van der Waals surface area contributed by atoms with E-state index in [1.165, 1.54) is 49.2 Å². The van der Waals surface area contributed by atoms with Crippen LogP contribution in [0.25, 0.3) is 40.1 Å². The molecular formula is C55H53NO4. The van der Waals surface area contributed by atoms with Gasteiger partial charge in [0, 0.05) is 46.5 Å². The molecule has 0 bridgehead atoms. The molecule has 3 atom stereocenters. The van der Waals surface area contributed by atoms with Crippen molar-refractivity contribution in [1.82, 2.24) is 0 Å². The minimum Gasteiger partial charge on any atom is -0.497 e. The Morgan fingerprint density at radius 1 is 0.733 bits per heavy atom. The Kier molecular flexibility index (Phi) is 8.45. The maximum atomic E-state index is 7.93. The van der Waals surface area contributed by atoms with Gasteiger partial charge < -0.3 is 23.8 Å². The van der Waals surface area contributed by atoms with Gasteiger partial charge in [0.25, 0.3) is 0 Å². The minimum atomic E-state index is -0.932. The predicted octanol–water partition coefficient (Wildman–Crippen LogP) is 10.4. The summed E-state index contributed by atoms with van der Waals surface area (Å²) in [5.41, 5.74) is 11.4. The molecule has 0 radical (unpaired) electrons. The topological polar surface area (TPSA) is 40.2 Å². The number of nitrogens with zero attached hydrogens (tertiary/aromatic N) is 1. The Hall–Kier alpha value is -5.78. The normalized spacial score (nSPS) is 22.3. The van der Waals surface area contributed by atoms with Crippen LogP contribution in [0.2, 0.25) is 0 Å². The third kappa shape index (κ3) is 5.08. The van der Waals surface area contributed by atoms with Crippen LogP contribution in [0.15, 0.2) is 109 Å². The first-order chi connectivity index (χ1) is 29.3. The Morgan fingerprint density at radius 2 is 1.45 bits per heavy atom. The highest BCUT2D eigenvalue weighted by Gasteiger charge is 2.49. The molecule has 0 N–H and O–H groups in total. The quantitative estimate of drug-likeness (QED) is 0.161. The largest absolute Gasteiger partial charge is 0.497 e. The van der Waals surface area contributed by atoms with E-state index in [4.69, 9.17) is 18.9 Å². The average Bonchev–Trinajstić information content (AvgIpc) is 3.72. The fourth-order valence-electron chi connectivity index (χ4n) is 11.9. The van der Waals surface area contributed by atoms with E-state index in [2.05, 4.69) is 160 Å². The fourth-order valence-corrected chi connectivity index (χ4v) is 11.9. The van der Waals surface area contributed by atoms with Crippen molar-refractivity contribution in [2.75, 3.05) is 45.4 Å². The number of benzene rings is 6. The van der Waals surface area contributed by atoms with Crippen LogP contribution < -0.4 is 29.5 Å². The van der Waals surface area contributed by atoms with Crippen molar-refractivity contribution in [3.8, 4) is 28.4 Å². The molecule has 1 fully saturated rings. The van der Waals surface area contributed by atoms with Crippen molar-refractivity contribution in [3.05, 3.63) is 159 Å². The summed E-state index contributed by atoms with van der Waals surface area (Å²) in [6.07, 6.45) is 11.7. The lowest BCUT2D eigenvalue weighted by atomic mass is 9.71. The zero-order chi connectivity index (χ0) is 41.0. The molecule has 3 aliphatic carbocycles. The number of ether oxygens (including phenoxy) is 4. The van der Waals surface area contributed by atoms with Gasteiger partial charge in [0.05, 0.1) is 33.1 Å². The van der Waals surface area contributed by atoms with Gasteiger partial charge in [-0.1, -0.05) is 125 Å². The fraction of sp³-hybridized carbons (Fsp3) is 0.309. The van der Waals surface area contributed by atoms with Crippen molar-refractivity contribution in [2.45, 2.75) is 62.9 Å². The Morgan fingerprint density at radius 3 is 2.18 bits per heavy atom. The number of rotatable bonds is 7. The third-order valence-electron chi connectivity index (χ3n) is 15.1. The summed E-state index contributed by atoms with van der Waals surface area (Å²) in [5, 5.41) is 4.91. The number of hydrogen-bond acceptors (Lipinski definition) is 5. The summed E-state index contributed by atoms with van der Waals surface area (Å²) in [6, 6.07) is 38.2. The molecule has 6 aromatic carbocycles. The van der Waals surface area contributed by atoms with E-state index < -0.39 is 5.60 Å². The summed E-state index contributed by atoms with van der Waals surface area (Å²) < 4.78 is 25.7. The molecular weight excluding hydrogens is 739 g/mol. The van der Waals surface area contributed by atoms with Crippen molar-refractivity contribution in [3.63, 3.8) is 0 Å². The van der Waals surface area contributed by atoms with E-state index in [1.807, 2.05) is 0 Å². The van der Waals surface area contributed by atoms with E-state index in [9.17, 15) is 0 Å². The Labute approximate surface area is 353 Å². The smallest absolute Gasteiger partial charge is 0.178 e. The zero-order valence-corrected chi connectivity index (χ0v) is 35.6. The van der Waals surface area contributed by atoms with Crippen LogP contribution in [-0.2, 0) is 21.2 Å². The number of morpholine rings is 1. The van der Waals surface area contributed by atoms with E-state index in [0.717, 1.165) is 70.9 Å². The van der Waals surface area contributed by atoms with Crippen molar-refractivity contribution < 1.29 is 18.9 Å². The number of hydrogen-bond donors (Lipinski definition) is 0. The average molecular weight is 792 g/mol. The summed E-state index contributed by atoms with van der Waals surface area (Å²) >= 11 is 0. The molecule has 5 heteroatoms. The molecule has 2 heterocycles. The van der Waals surface area contributed by atoms with Crippen LogP contribution in [0.4, 0.5) is 5.69 Å². The van der Waals surface area contributed by atoms with Gasteiger partial charge >= 0.3 is 0 Å². The molecule has 60 heavy (non-hydrogen) atoms. The maximum absolute atomic E-state index is 7.93. The van der Waals surface area contributed by atoms with Gasteiger partial charge in [-0.3, -0.25) is 0 Å². The first-order valence-electron chi connectivity index (χ1n) is 21.9. The van der Waals surface area contributed by atoms with Gasteiger partial charge in [-0.05, 0) is 104 Å². The lowest BCUT2D eigenvalue weighted by Crippen LogP contribution is -2.36. The van der Waals surface area contributed by atoms with Gasteiger partial charge in [0.15, 0.2) is 5.60 Å². The molecule has 3 unspecified atom stereocenters. The van der Waals surface area contributed by atoms with Crippen molar-refractivity contribution in [2.24, 2.45) is 5.92 Å². The summed E-state index contributed by atoms with van der Waals surface area (Å²) in [4.78, 5) is 2.42. The highest BCUT2D eigenvalue weighted by atomic mass is 16.5. The van der Waals surface area contributed by atoms with E-state index in [-0.39, 0.29) is 10.8 Å². The molecule has 6 aromatic rings. The second-order valence-corrected chi connectivity index (χ2v) is 17.9. The van der Waals surface area contributed by atoms with Crippen LogP contribution in [0, 0.1) is 5.92 Å². The third-order valence-corrected chi connectivity index (χ3v) is 15.1. The maximum Gasteiger partial charge on any atom is 0.178 e. The molecule has 0 aromatic heterocycles. The van der Waals surface area contributed by atoms with Crippen LogP contribution in [0.1, 0.15) is 85.4 Å². The second-order valence-electron chi connectivity index (χ2n) is 17.9. The molecule has 302 valence electrons. The summed E-state index contributed by atoms with van der Waals surface area (Å²) in [7, 11) is 3.52. The Bertz CT molecular complexity index is 2880. The lowest BCUT2D eigenvalue weighted by Gasteiger charge is -2.40. The minimum absolute atomic E-state index is 0.0954. The van der Waals surface area contributed by atoms with Gasteiger partial charge in [0.1, 0.15) is 17.2 Å².